The van der Waals surface area contributed by atoms with Gasteiger partial charge < -0.3 is 10.1 Å². The smallest absolute Gasteiger partial charge is 0.142 e. The third-order valence-electron chi connectivity index (χ3n) is 2.56. The lowest BCUT2D eigenvalue weighted by molar-refractivity contribution is 0.156. The molecule has 0 saturated heterocycles. The molecule has 0 aliphatic rings. The molecule has 5 heteroatoms. The van der Waals surface area contributed by atoms with Crippen LogP contribution in [-0.4, -0.2) is 19.8 Å². The lowest BCUT2D eigenvalue weighted by Crippen LogP contribution is -2.24. The van der Waals surface area contributed by atoms with E-state index in [1.807, 2.05) is 13.8 Å². The molecule has 0 aliphatic heterocycles. The van der Waals surface area contributed by atoms with E-state index in [1.165, 1.54) is 12.1 Å². The lowest BCUT2D eigenvalue weighted by Gasteiger charge is -2.17. The molecule has 1 rings (SSSR count). The Kier molecular flexibility index (Phi) is 6.80. The highest BCUT2D eigenvalue weighted by molar-refractivity contribution is 6.36. The number of ether oxygens (including phenoxy) is 1. The molecule has 1 aromatic carbocycles. The predicted molar refractivity (Wildman–Crippen MR) is 78.5 cm³/mol. The molecule has 19 heavy (non-hydrogen) atoms. The first-order chi connectivity index (χ1) is 8.93. The summed E-state index contributed by atoms with van der Waals surface area (Å²) in [4.78, 5) is 0. The first-order valence-electron chi connectivity index (χ1n) is 6.02. The molecule has 1 unspecified atom stereocenters. The van der Waals surface area contributed by atoms with Crippen molar-refractivity contribution >= 4 is 23.2 Å². The van der Waals surface area contributed by atoms with Gasteiger partial charge in [0, 0.05) is 23.2 Å². The van der Waals surface area contributed by atoms with Crippen molar-refractivity contribution in [2.45, 2.75) is 19.9 Å². The molecule has 0 fully saturated rings. The van der Waals surface area contributed by atoms with E-state index in [0.717, 1.165) is 5.57 Å². The van der Waals surface area contributed by atoms with Gasteiger partial charge in [-0.1, -0.05) is 35.4 Å². The summed E-state index contributed by atoms with van der Waals surface area (Å²) in [6.45, 7) is 9.24. The summed E-state index contributed by atoms with van der Waals surface area (Å²) >= 11 is 12.0. The quantitative estimate of drug-likeness (QED) is 0.459. The van der Waals surface area contributed by atoms with E-state index in [4.69, 9.17) is 27.9 Å². The molecular formula is C14H18Cl2FNO. The second-order valence-corrected chi connectivity index (χ2v) is 5.23. The van der Waals surface area contributed by atoms with Crippen molar-refractivity contribution in [2.24, 2.45) is 0 Å². The third kappa shape index (κ3) is 5.11. The molecule has 0 aliphatic carbocycles. The van der Waals surface area contributed by atoms with Crippen molar-refractivity contribution in [2.75, 3.05) is 19.8 Å². The van der Waals surface area contributed by atoms with E-state index >= 15 is 0 Å². The fraction of sp³-hybridized carbons (Fsp3) is 0.429. The van der Waals surface area contributed by atoms with Gasteiger partial charge in [-0.2, -0.15) is 0 Å². The maximum atomic E-state index is 13.4. The van der Waals surface area contributed by atoms with Gasteiger partial charge in [-0.05, 0) is 26.0 Å². The van der Waals surface area contributed by atoms with Gasteiger partial charge in [0.2, 0.25) is 0 Å². The van der Waals surface area contributed by atoms with Crippen LogP contribution in [0.15, 0.2) is 24.3 Å². The third-order valence-corrected chi connectivity index (χ3v) is 3.27. The van der Waals surface area contributed by atoms with Gasteiger partial charge in [-0.15, -0.1) is 0 Å². The molecule has 1 atom stereocenters. The Labute approximate surface area is 123 Å². The van der Waals surface area contributed by atoms with Crippen molar-refractivity contribution in [1.82, 2.24) is 5.32 Å². The number of nitrogens with one attached hydrogen (secondary N) is 1. The molecule has 0 bridgehead atoms. The first kappa shape index (κ1) is 16.4. The Bertz CT molecular complexity index is 451. The standard InChI is InChI=1S/C14H18Cl2FNO/c1-9(2)8-19-7-6-18-10(3)13-11(15)4-5-12(17)14(13)16/h4-5,10,18H,1,6-8H2,2-3H3. The van der Waals surface area contributed by atoms with Crippen LogP contribution in [0.1, 0.15) is 25.5 Å². The topological polar surface area (TPSA) is 21.3 Å². The van der Waals surface area contributed by atoms with Crippen LogP contribution in [0, 0.1) is 5.82 Å². The molecule has 106 valence electrons. The maximum absolute atomic E-state index is 13.4. The molecule has 0 heterocycles. The van der Waals surface area contributed by atoms with E-state index in [-0.39, 0.29) is 11.1 Å². The number of benzene rings is 1. The number of hydrogen-bond acceptors (Lipinski definition) is 2. The fourth-order valence-electron chi connectivity index (χ4n) is 1.64. The Morgan fingerprint density at radius 1 is 1.47 bits per heavy atom. The monoisotopic (exact) mass is 305 g/mol. The zero-order valence-corrected chi connectivity index (χ0v) is 12.6. The Hall–Kier alpha value is -0.610. The minimum atomic E-state index is -0.465. The zero-order chi connectivity index (χ0) is 14.4. The van der Waals surface area contributed by atoms with Crippen LogP contribution >= 0.6 is 23.2 Å². The Morgan fingerprint density at radius 3 is 2.79 bits per heavy atom. The largest absolute Gasteiger partial charge is 0.376 e. The Balaban J connectivity index is 2.52. The molecule has 1 N–H and O–H groups in total. The summed E-state index contributed by atoms with van der Waals surface area (Å²) in [7, 11) is 0. The molecule has 0 amide bonds. The average Bonchev–Trinajstić information content (AvgIpc) is 2.33. The van der Waals surface area contributed by atoms with E-state index in [0.29, 0.717) is 30.3 Å². The highest BCUT2D eigenvalue weighted by atomic mass is 35.5. The highest BCUT2D eigenvalue weighted by Gasteiger charge is 2.16. The average molecular weight is 306 g/mol. The molecule has 0 spiro atoms. The van der Waals surface area contributed by atoms with E-state index in [1.54, 1.807) is 0 Å². The van der Waals surface area contributed by atoms with Crippen LogP contribution in [0.2, 0.25) is 10.0 Å². The van der Waals surface area contributed by atoms with E-state index in [9.17, 15) is 4.39 Å². The Morgan fingerprint density at radius 2 is 2.16 bits per heavy atom. The van der Waals surface area contributed by atoms with E-state index < -0.39 is 5.82 Å². The molecule has 1 aromatic rings. The van der Waals surface area contributed by atoms with Crippen molar-refractivity contribution in [1.29, 1.82) is 0 Å². The maximum Gasteiger partial charge on any atom is 0.142 e. The minimum Gasteiger partial charge on any atom is -0.376 e. The SMILES string of the molecule is C=C(C)COCCNC(C)c1c(Cl)ccc(F)c1Cl. The van der Waals surface area contributed by atoms with Gasteiger partial charge in [0.05, 0.1) is 18.2 Å². The van der Waals surface area contributed by atoms with Crippen LogP contribution < -0.4 is 5.32 Å². The second-order valence-electron chi connectivity index (χ2n) is 4.44. The summed E-state index contributed by atoms with van der Waals surface area (Å²) in [6.07, 6.45) is 0. The number of halogens is 3. The van der Waals surface area contributed by atoms with Crippen molar-refractivity contribution in [3.8, 4) is 0 Å². The van der Waals surface area contributed by atoms with Crippen LogP contribution in [0.3, 0.4) is 0 Å². The van der Waals surface area contributed by atoms with Crippen molar-refractivity contribution in [3.05, 3.63) is 45.7 Å². The summed E-state index contributed by atoms with van der Waals surface area (Å²) in [6, 6.07) is 2.62. The molecule has 0 radical (unpaired) electrons. The zero-order valence-electron chi connectivity index (χ0n) is 11.1. The first-order valence-corrected chi connectivity index (χ1v) is 6.78. The van der Waals surface area contributed by atoms with E-state index in [2.05, 4.69) is 11.9 Å². The van der Waals surface area contributed by atoms with Gasteiger partial charge in [0.1, 0.15) is 5.82 Å². The van der Waals surface area contributed by atoms with Crippen LogP contribution in [0.5, 0.6) is 0 Å². The van der Waals surface area contributed by atoms with Crippen LogP contribution in [0.4, 0.5) is 4.39 Å². The minimum absolute atomic E-state index is 0.0651. The van der Waals surface area contributed by atoms with Gasteiger partial charge in [0.15, 0.2) is 0 Å². The fourth-order valence-corrected chi connectivity index (χ4v) is 2.33. The summed E-state index contributed by atoms with van der Waals surface area (Å²) in [5.41, 5.74) is 1.55. The molecule has 0 saturated carbocycles. The normalized spacial score (nSPS) is 12.5. The van der Waals surface area contributed by atoms with Gasteiger partial charge in [-0.25, -0.2) is 4.39 Å². The summed E-state index contributed by atoms with van der Waals surface area (Å²) in [5, 5.41) is 3.71. The summed E-state index contributed by atoms with van der Waals surface area (Å²) in [5.74, 6) is -0.465. The molecule has 2 nitrogen and oxygen atoms in total. The second kappa shape index (κ2) is 7.85. The lowest BCUT2D eigenvalue weighted by atomic mass is 10.1. The van der Waals surface area contributed by atoms with Gasteiger partial charge in [-0.3, -0.25) is 0 Å². The predicted octanol–water partition coefficient (Wildman–Crippen LogP) is 4.38. The number of hydrogen-bond donors (Lipinski definition) is 1. The molecule has 0 aromatic heterocycles. The molecular weight excluding hydrogens is 288 g/mol. The number of rotatable bonds is 7. The summed E-state index contributed by atoms with van der Waals surface area (Å²) < 4.78 is 18.8. The van der Waals surface area contributed by atoms with Crippen molar-refractivity contribution in [3.63, 3.8) is 0 Å². The van der Waals surface area contributed by atoms with Gasteiger partial charge >= 0.3 is 0 Å². The van der Waals surface area contributed by atoms with Crippen LogP contribution in [-0.2, 0) is 4.74 Å². The van der Waals surface area contributed by atoms with Crippen LogP contribution in [0.25, 0.3) is 0 Å². The highest BCUT2D eigenvalue weighted by Crippen LogP contribution is 2.32. The van der Waals surface area contributed by atoms with Gasteiger partial charge in [0.25, 0.3) is 0 Å². The van der Waals surface area contributed by atoms with Crippen molar-refractivity contribution < 1.29 is 9.13 Å².